The second-order valence-corrected chi connectivity index (χ2v) is 4.91. The van der Waals surface area contributed by atoms with Gasteiger partial charge in [-0.2, -0.15) is 4.98 Å². The number of nitrogens with zero attached hydrogens (tertiary/aromatic N) is 2. The number of fused-ring (bicyclic) bond motifs is 1. The van der Waals surface area contributed by atoms with Crippen molar-refractivity contribution in [2.24, 2.45) is 0 Å². The normalized spacial score (nSPS) is 16.4. The number of hydrogen-bond donors (Lipinski definition) is 1. The van der Waals surface area contributed by atoms with Crippen molar-refractivity contribution in [2.45, 2.75) is 19.4 Å². The summed E-state index contributed by atoms with van der Waals surface area (Å²) in [5.41, 5.74) is 1.09. The molecule has 0 fully saturated rings. The van der Waals surface area contributed by atoms with Crippen LogP contribution in [0.15, 0.2) is 30.6 Å². The van der Waals surface area contributed by atoms with Gasteiger partial charge >= 0.3 is 0 Å². The molecule has 0 aliphatic carbocycles. The van der Waals surface area contributed by atoms with Crippen LogP contribution in [0.3, 0.4) is 0 Å². The highest BCUT2D eigenvalue weighted by Gasteiger charge is 2.22. The maximum Gasteiger partial charge on any atom is 0.234 e. The molecule has 0 spiro atoms. The third kappa shape index (κ3) is 3.05. The molecule has 2 heterocycles. The fraction of sp³-hybridized carbons (Fsp3) is 0.375. The molecule has 1 unspecified atom stereocenters. The molecule has 22 heavy (non-hydrogen) atoms. The second-order valence-electron chi connectivity index (χ2n) is 4.91. The Hall–Kier alpha value is -2.50. The highest BCUT2D eigenvalue weighted by Crippen LogP contribution is 2.36. The van der Waals surface area contributed by atoms with E-state index in [2.05, 4.69) is 15.3 Å². The zero-order valence-corrected chi connectivity index (χ0v) is 12.7. The van der Waals surface area contributed by atoms with E-state index in [0.717, 1.165) is 23.5 Å². The van der Waals surface area contributed by atoms with Gasteiger partial charge in [-0.1, -0.05) is 0 Å². The molecule has 1 aromatic carbocycles. The lowest BCUT2D eigenvalue weighted by Crippen LogP contribution is -2.21. The molecule has 2 aromatic rings. The Morgan fingerprint density at radius 3 is 3.09 bits per heavy atom. The molecule has 3 rings (SSSR count). The van der Waals surface area contributed by atoms with E-state index in [4.69, 9.17) is 14.2 Å². The van der Waals surface area contributed by atoms with Crippen LogP contribution in [0, 0.1) is 0 Å². The van der Waals surface area contributed by atoms with E-state index in [1.54, 1.807) is 19.5 Å². The van der Waals surface area contributed by atoms with Gasteiger partial charge in [-0.3, -0.25) is 4.98 Å². The van der Waals surface area contributed by atoms with Crippen LogP contribution >= 0.6 is 0 Å². The van der Waals surface area contributed by atoms with Crippen LogP contribution in [-0.2, 0) is 0 Å². The van der Waals surface area contributed by atoms with E-state index in [9.17, 15) is 0 Å². The Morgan fingerprint density at radius 2 is 2.27 bits per heavy atom. The van der Waals surface area contributed by atoms with Crippen LogP contribution in [0.2, 0.25) is 0 Å². The van der Waals surface area contributed by atoms with Crippen molar-refractivity contribution in [3.05, 3.63) is 36.2 Å². The number of methoxy groups -OCH3 is 1. The SMILES string of the molecule is CCOc1cncc(NC2CCOc3cc(OC)ccc32)n1. The molecule has 1 atom stereocenters. The fourth-order valence-electron chi connectivity index (χ4n) is 2.46. The summed E-state index contributed by atoms with van der Waals surface area (Å²) < 4.78 is 16.3. The topological polar surface area (TPSA) is 65.5 Å². The zero-order valence-electron chi connectivity index (χ0n) is 12.7. The average molecular weight is 301 g/mol. The van der Waals surface area contributed by atoms with E-state index in [0.29, 0.717) is 24.9 Å². The Morgan fingerprint density at radius 1 is 1.36 bits per heavy atom. The minimum absolute atomic E-state index is 0.126. The number of aromatic nitrogens is 2. The van der Waals surface area contributed by atoms with Crippen LogP contribution in [0.4, 0.5) is 5.82 Å². The number of rotatable bonds is 5. The number of benzene rings is 1. The first-order valence-electron chi connectivity index (χ1n) is 7.32. The number of nitrogens with one attached hydrogen (secondary N) is 1. The maximum absolute atomic E-state index is 5.72. The van der Waals surface area contributed by atoms with E-state index in [1.807, 2.05) is 25.1 Å². The van der Waals surface area contributed by atoms with E-state index in [-0.39, 0.29) is 6.04 Å². The molecule has 116 valence electrons. The van der Waals surface area contributed by atoms with Crippen LogP contribution < -0.4 is 19.5 Å². The Kier molecular flexibility index (Phi) is 4.27. The molecule has 1 N–H and O–H groups in total. The predicted molar refractivity (Wildman–Crippen MR) is 82.7 cm³/mol. The first kappa shape index (κ1) is 14.4. The van der Waals surface area contributed by atoms with Gasteiger partial charge in [-0.15, -0.1) is 0 Å². The summed E-state index contributed by atoms with van der Waals surface area (Å²) >= 11 is 0. The number of ether oxygens (including phenoxy) is 3. The standard InChI is InChI=1S/C16H19N3O3/c1-3-21-16-10-17-9-15(19-16)18-13-6-7-22-14-8-11(20-2)4-5-12(13)14/h4-5,8-10,13H,3,6-7H2,1-2H3,(H,18,19). The van der Waals surface area contributed by atoms with E-state index in [1.165, 1.54) is 0 Å². The molecule has 0 saturated carbocycles. The van der Waals surface area contributed by atoms with Gasteiger partial charge in [0.1, 0.15) is 17.3 Å². The Bertz CT molecular complexity index is 648. The summed E-state index contributed by atoms with van der Waals surface area (Å²) in [6, 6.07) is 5.99. The molecular formula is C16H19N3O3. The van der Waals surface area contributed by atoms with Gasteiger partial charge in [0.2, 0.25) is 5.88 Å². The van der Waals surface area contributed by atoms with Crippen molar-refractivity contribution in [1.82, 2.24) is 9.97 Å². The smallest absolute Gasteiger partial charge is 0.234 e. The van der Waals surface area contributed by atoms with Gasteiger partial charge in [-0.25, -0.2) is 0 Å². The van der Waals surface area contributed by atoms with Crippen LogP contribution in [0.1, 0.15) is 24.9 Å². The summed E-state index contributed by atoms with van der Waals surface area (Å²) in [7, 11) is 1.65. The molecule has 0 bridgehead atoms. The van der Waals surface area contributed by atoms with Gasteiger partial charge in [0.15, 0.2) is 0 Å². The van der Waals surface area contributed by atoms with Crippen molar-refractivity contribution >= 4 is 5.82 Å². The lowest BCUT2D eigenvalue weighted by Gasteiger charge is -2.27. The second kappa shape index (κ2) is 6.51. The summed E-state index contributed by atoms with van der Waals surface area (Å²) in [6.07, 6.45) is 4.17. The molecule has 0 amide bonds. The van der Waals surface area contributed by atoms with Crippen molar-refractivity contribution in [3.8, 4) is 17.4 Å². The molecule has 1 aliphatic rings. The largest absolute Gasteiger partial charge is 0.497 e. The van der Waals surface area contributed by atoms with Crippen molar-refractivity contribution < 1.29 is 14.2 Å². The molecule has 6 nitrogen and oxygen atoms in total. The van der Waals surface area contributed by atoms with Gasteiger partial charge in [0.25, 0.3) is 0 Å². The molecule has 0 saturated heterocycles. The summed E-state index contributed by atoms with van der Waals surface area (Å²) in [5.74, 6) is 2.85. The minimum Gasteiger partial charge on any atom is -0.497 e. The first-order valence-corrected chi connectivity index (χ1v) is 7.32. The molecular weight excluding hydrogens is 282 g/mol. The van der Waals surface area contributed by atoms with E-state index < -0.39 is 0 Å². The highest BCUT2D eigenvalue weighted by atomic mass is 16.5. The van der Waals surface area contributed by atoms with Gasteiger partial charge < -0.3 is 19.5 Å². The van der Waals surface area contributed by atoms with Gasteiger partial charge in [-0.05, 0) is 19.1 Å². The number of anilines is 1. The van der Waals surface area contributed by atoms with Crippen LogP contribution in [0.25, 0.3) is 0 Å². The molecule has 1 aromatic heterocycles. The number of hydrogen-bond acceptors (Lipinski definition) is 6. The average Bonchev–Trinajstić information content (AvgIpc) is 2.55. The third-order valence-electron chi connectivity index (χ3n) is 3.49. The van der Waals surface area contributed by atoms with E-state index >= 15 is 0 Å². The van der Waals surface area contributed by atoms with Gasteiger partial charge in [0.05, 0.1) is 38.8 Å². The molecule has 0 radical (unpaired) electrons. The maximum atomic E-state index is 5.72. The van der Waals surface area contributed by atoms with Gasteiger partial charge in [0, 0.05) is 18.1 Å². The monoisotopic (exact) mass is 301 g/mol. The zero-order chi connectivity index (χ0) is 15.4. The summed E-state index contributed by atoms with van der Waals surface area (Å²) in [4.78, 5) is 8.55. The third-order valence-corrected chi connectivity index (χ3v) is 3.49. The summed E-state index contributed by atoms with van der Waals surface area (Å²) in [5, 5.41) is 3.40. The lowest BCUT2D eigenvalue weighted by atomic mass is 10.0. The Labute approximate surface area is 129 Å². The minimum atomic E-state index is 0.126. The predicted octanol–water partition coefficient (Wildman–Crippen LogP) is 2.82. The molecule has 1 aliphatic heterocycles. The summed E-state index contributed by atoms with van der Waals surface area (Å²) in [6.45, 7) is 3.14. The fourth-order valence-corrected chi connectivity index (χ4v) is 2.46. The Balaban J connectivity index is 1.81. The van der Waals surface area contributed by atoms with Crippen LogP contribution in [0.5, 0.6) is 17.4 Å². The lowest BCUT2D eigenvalue weighted by molar-refractivity contribution is 0.272. The van der Waals surface area contributed by atoms with Crippen molar-refractivity contribution in [3.63, 3.8) is 0 Å². The highest BCUT2D eigenvalue weighted by molar-refractivity contribution is 5.47. The quantitative estimate of drug-likeness (QED) is 0.916. The van der Waals surface area contributed by atoms with Crippen LogP contribution in [-0.4, -0.2) is 30.3 Å². The molecule has 6 heteroatoms. The first-order chi connectivity index (χ1) is 10.8. The van der Waals surface area contributed by atoms with Crippen molar-refractivity contribution in [2.75, 3.05) is 25.6 Å². The van der Waals surface area contributed by atoms with Crippen molar-refractivity contribution in [1.29, 1.82) is 0 Å².